The second-order valence-corrected chi connectivity index (χ2v) is 6.21. The SMILES string of the molecule is CCC(=O)Oc1cccc(NC(=O)C(N)C2CCCCCC2)c1F. The number of hydrogen-bond donors (Lipinski definition) is 2. The molecule has 0 radical (unpaired) electrons. The van der Waals surface area contributed by atoms with E-state index in [-0.39, 0.29) is 23.8 Å². The van der Waals surface area contributed by atoms with Crippen molar-refractivity contribution >= 4 is 17.6 Å². The fourth-order valence-electron chi connectivity index (χ4n) is 2.98. The van der Waals surface area contributed by atoms with Crippen molar-refractivity contribution in [2.45, 2.75) is 57.9 Å². The predicted octanol–water partition coefficient (Wildman–Crippen LogP) is 3.38. The van der Waals surface area contributed by atoms with Crippen molar-refractivity contribution in [3.63, 3.8) is 0 Å². The first-order valence-corrected chi connectivity index (χ1v) is 8.58. The maximum atomic E-state index is 14.4. The number of nitrogens with one attached hydrogen (secondary N) is 1. The number of anilines is 1. The lowest BCUT2D eigenvalue weighted by Crippen LogP contribution is -2.42. The third-order valence-corrected chi connectivity index (χ3v) is 4.44. The summed E-state index contributed by atoms with van der Waals surface area (Å²) in [4.78, 5) is 23.7. The maximum absolute atomic E-state index is 14.4. The highest BCUT2D eigenvalue weighted by atomic mass is 19.1. The fraction of sp³-hybridized carbons (Fsp3) is 0.556. The summed E-state index contributed by atoms with van der Waals surface area (Å²) in [6.45, 7) is 1.62. The van der Waals surface area contributed by atoms with Crippen LogP contribution in [0, 0.1) is 11.7 Å². The quantitative estimate of drug-likeness (QED) is 0.491. The molecular weight excluding hydrogens is 311 g/mol. The Morgan fingerprint density at radius 3 is 2.58 bits per heavy atom. The molecule has 1 aliphatic carbocycles. The molecule has 1 aromatic carbocycles. The van der Waals surface area contributed by atoms with E-state index in [0.29, 0.717) is 0 Å². The van der Waals surface area contributed by atoms with Crippen molar-refractivity contribution in [3.05, 3.63) is 24.0 Å². The second kappa shape index (κ2) is 8.78. The lowest BCUT2D eigenvalue weighted by molar-refractivity contribution is -0.134. The van der Waals surface area contributed by atoms with Gasteiger partial charge in [-0.15, -0.1) is 0 Å². The van der Waals surface area contributed by atoms with E-state index in [4.69, 9.17) is 10.5 Å². The molecule has 24 heavy (non-hydrogen) atoms. The number of hydrogen-bond acceptors (Lipinski definition) is 4. The van der Waals surface area contributed by atoms with Crippen molar-refractivity contribution in [1.29, 1.82) is 0 Å². The molecule has 3 N–H and O–H groups in total. The molecular formula is C18H25FN2O3. The molecule has 1 saturated carbocycles. The first-order valence-electron chi connectivity index (χ1n) is 8.58. The monoisotopic (exact) mass is 336 g/mol. The zero-order chi connectivity index (χ0) is 17.5. The van der Waals surface area contributed by atoms with Crippen LogP contribution in [-0.4, -0.2) is 17.9 Å². The molecule has 5 nitrogen and oxygen atoms in total. The van der Waals surface area contributed by atoms with Gasteiger partial charge in [0.15, 0.2) is 11.6 Å². The number of nitrogens with two attached hydrogens (primary N) is 1. The van der Waals surface area contributed by atoms with E-state index in [0.717, 1.165) is 25.7 Å². The average molecular weight is 336 g/mol. The van der Waals surface area contributed by atoms with Crippen LogP contribution in [-0.2, 0) is 9.59 Å². The van der Waals surface area contributed by atoms with Crippen LogP contribution in [0.4, 0.5) is 10.1 Å². The Morgan fingerprint density at radius 2 is 1.96 bits per heavy atom. The average Bonchev–Trinajstić information content (AvgIpc) is 2.86. The van der Waals surface area contributed by atoms with Crippen LogP contribution in [0.1, 0.15) is 51.9 Å². The van der Waals surface area contributed by atoms with Gasteiger partial charge in [-0.05, 0) is 30.9 Å². The first kappa shape index (κ1) is 18.4. The third kappa shape index (κ3) is 4.77. The fourth-order valence-corrected chi connectivity index (χ4v) is 2.98. The number of esters is 1. The molecule has 6 heteroatoms. The van der Waals surface area contributed by atoms with Gasteiger partial charge in [-0.3, -0.25) is 9.59 Å². The molecule has 0 heterocycles. The van der Waals surface area contributed by atoms with E-state index in [1.165, 1.54) is 31.0 Å². The van der Waals surface area contributed by atoms with Gasteiger partial charge in [0.1, 0.15) is 0 Å². The molecule has 0 bridgehead atoms. The topological polar surface area (TPSA) is 81.4 Å². The van der Waals surface area contributed by atoms with Crippen LogP contribution in [0.15, 0.2) is 18.2 Å². The number of ether oxygens (including phenoxy) is 1. The largest absolute Gasteiger partial charge is 0.423 e. The zero-order valence-corrected chi connectivity index (χ0v) is 14.0. The van der Waals surface area contributed by atoms with Crippen LogP contribution >= 0.6 is 0 Å². The Hall–Kier alpha value is -1.95. The van der Waals surface area contributed by atoms with Gasteiger partial charge in [0.05, 0.1) is 11.7 Å². The van der Waals surface area contributed by atoms with Gasteiger partial charge >= 0.3 is 5.97 Å². The first-order chi connectivity index (χ1) is 11.5. The third-order valence-electron chi connectivity index (χ3n) is 4.44. The van der Waals surface area contributed by atoms with Gasteiger partial charge < -0.3 is 15.8 Å². The Bertz CT molecular complexity index is 584. The molecule has 1 atom stereocenters. The van der Waals surface area contributed by atoms with Crippen molar-refractivity contribution in [2.24, 2.45) is 11.7 Å². The smallest absolute Gasteiger partial charge is 0.310 e. The highest BCUT2D eigenvalue weighted by Crippen LogP contribution is 2.27. The molecule has 1 unspecified atom stereocenters. The second-order valence-electron chi connectivity index (χ2n) is 6.21. The van der Waals surface area contributed by atoms with Crippen molar-refractivity contribution in [2.75, 3.05) is 5.32 Å². The minimum Gasteiger partial charge on any atom is -0.423 e. The molecule has 1 aromatic rings. The summed E-state index contributed by atoms with van der Waals surface area (Å²) < 4.78 is 19.3. The van der Waals surface area contributed by atoms with E-state index in [1.807, 2.05) is 0 Å². The van der Waals surface area contributed by atoms with E-state index < -0.39 is 23.7 Å². The molecule has 1 fully saturated rings. The summed E-state index contributed by atoms with van der Waals surface area (Å²) in [6, 6.07) is 3.64. The number of amides is 1. The van der Waals surface area contributed by atoms with Gasteiger partial charge in [0.25, 0.3) is 0 Å². The molecule has 0 spiro atoms. The number of carbonyl (C=O) groups excluding carboxylic acids is 2. The maximum Gasteiger partial charge on any atom is 0.310 e. The molecule has 1 aliphatic rings. The van der Waals surface area contributed by atoms with Gasteiger partial charge in [0, 0.05) is 6.42 Å². The number of rotatable bonds is 5. The van der Waals surface area contributed by atoms with Gasteiger partial charge in [0.2, 0.25) is 5.91 Å². The number of halogens is 1. The number of benzene rings is 1. The highest BCUT2D eigenvalue weighted by Gasteiger charge is 2.26. The summed E-state index contributed by atoms with van der Waals surface area (Å²) in [5, 5.41) is 2.53. The highest BCUT2D eigenvalue weighted by molar-refractivity contribution is 5.95. The van der Waals surface area contributed by atoms with E-state index >= 15 is 0 Å². The normalized spacial score (nSPS) is 17.0. The lowest BCUT2D eigenvalue weighted by Gasteiger charge is -2.21. The lowest BCUT2D eigenvalue weighted by atomic mass is 9.92. The standard InChI is InChI=1S/C18H25FN2O3/c1-2-15(22)24-14-11-7-10-13(16(14)19)21-18(23)17(20)12-8-5-3-4-6-9-12/h7,10-12,17H,2-6,8-9,20H2,1H3,(H,21,23). The van der Waals surface area contributed by atoms with Crippen molar-refractivity contribution in [3.8, 4) is 5.75 Å². The Labute approximate surface area is 141 Å². The Balaban J connectivity index is 2.05. The van der Waals surface area contributed by atoms with Crippen LogP contribution in [0.5, 0.6) is 5.75 Å². The summed E-state index contributed by atoms with van der Waals surface area (Å²) in [7, 11) is 0. The van der Waals surface area contributed by atoms with Crippen LogP contribution in [0.2, 0.25) is 0 Å². The molecule has 0 aromatic heterocycles. The predicted molar refractivity (Wildman–Crippen MR) is 90.1 cm³/mol. The van der Waals surface area contributed by atoms with Crippen LogP contribution in [0.25, 0.3) is 0 Å². The minimum absolute atomic E-state index is 0.0227. The van der Waals surface area contributed by atoms with E-state index in [1.54, 1.807) is 6.92 Å². The Morgan fingerprint density at radius 1 is 1.29 bits per heavy atom. The molecule has 132 valence electrons. The zero-order valence-electron chi connectivity index (χ0n) is 14.0. The molecule has 0 aliphatic heterocycles. The number of carbonyl (C=O) groups is 2. The summed E-state index contributed by atoms with van der Waals surface area (Å²) in [5.74, 6) is -1.77. The van der Waals surface area contributed by atoms with E-state index in [2.05, 4.69) is 5.32 Å². The van der Waals surface area contributed by atoms with Crippen LogP contribution < -0.4 is 15.8 Å². The van der Waals surface area contributed by atoms with Crippen molar-refractivity contribution < 1.29 is 18.7 Å². The van der Waals surface area contributed by atoms with Crippen LogP contribution in [0.3, 0.4) is 0 Å². The summed E-state index contributed by atoms with van der Waals surface area (Å²) >= 11 is 0. The molecule has 2 rings (SSSR count). The van der Waals surface area contributed by atoms with Gasteiger partial charge in [-0.25, -0.2) is 4.39 Å². The van der Waals surface area contributed by atoms with Crippen molar-refractivity contribution in [1.82, 2.24) is 0 Å². The molecule has 1 amide bonds. The minimum atomic E-state index is -0.763. The summed E-state index contributed by atoms with van der Waals surface area (Å²) in [5.41, 5.74) is 6.06. The molecule has 0 saturated heterocycles. The van der Waals surface area contributed by atoms with Gasteiger partial charge in [-0.2, -0.15) is 0 Å². The Kier molecular flexibility index (Phi) is 6.73. The van der Waals surface area contributed by atoms with Gasteiger partial charge in [-0.1, -0.05) is 38.7 Å². The summed E-state index contributed by atoms with van der Waals surface area (Å²) in [6.07, 6.45) is 6.47. The van der Waals surface area contributed by atoms with E-state index in [9.17, 15) is 14.0 Å².